The first kappa shape index (κ1) is 52.9. The van der Waals surface area contributed by atoms with E-state index in [2.05, 4.69) is 30.8 Å². The van der Waals surface area contributed by atoms with Crippen molar-refractivity contribution in [1.29, 1.82) is 0 Å². The molecular formula is C48H51Cl3N12O9S3. The monoisotopic (exact) mass is 1140 g/mol. The minimum Gasteiger partial charge on any atom is -0.339 e. The fraction of sp³-hybridized carbons (Fsp3) is 0.375. The number of fused-ring (bicyclic) bond motifs is 12. The number of halogens is 3. The van der Waals surface area contributed by atoms with E-state index in [1.165, 1.54) is 76.7 Å². The van der Waals surface area contributed by atoms with Crippen molar-refractivity contribution in [3.8, 4) is 0 Å². The number of sulfonamides is 3. The van der Waals surface area contributed by atoms with Crippen LogP contribution in [0.3, 0.4) is 0 Å². The molecule has 6 unspecified atom stereocenters. The zero-order valence-corrected chi connectivity index (χ0v) is 45.3. The molecule has 75 heavy (non-hydrogen) atoms. The number of H-pyrrole nitrogens is 2. The van der Waals surface area contributed by atoms with Crippen LogP contribution in [0.2, 0.25) is 15.1 Å². The fourth-order valence-corrected chi connectivity index (χ4v) is 16.8. The highest BCUT2D eigenvalue weighted by atomic mass is 35.5. The maximum Gasteiger partial charge on any atom is 0.244 e. The van der Waals surface area contributed by atoms with Crippen molar-refractivity contribution in [2.45, 2.75) is 91.0 Å². The molecule has 21 nitrogen and oxygen atoms in total. The van der Waals surface area contributed by atoms with E-state index >= 15 is 0 Å². The van der Waals surface area contributed by atoms with Gasteiger partial charge in [0, 0.05) is 141 Å². The molecule has 6 aliphatic heterocycles. The smallest absolute Gasteiger partial charge is 0.244 e. The average Bonchev–Trinajstić information content (AvgIpc) is 4.15. The van der Waals surface area contributed by atoms with Gasteiger partial charge in [0.2, 0.25) is 47.8 Å². The second-order valence-corrected chi connectivity index (χ2v) is 25.9. The number of rotatable bonds is 6. The molecule has 12 rings (SSSR count). The molecule has 0 radical (unpaired) electrons. The van der Waals surface area contributed by atoms with Gasteiger partial charge in [0.05, 0.1) is 57.1 Å². The SMILES string of the molecule is CC(=O)N1CC2Cc3[nH]ncc3C(C1)N2S(=O)(=O)c1ccc(Cl)cc1.CC(=O)N1CC2Cc3c(cnn3C(C)=O)C(C1)N2S(=O)(=O)c1ccc(Cl)cc1.O=S(=O)(c1ccc(Cl)cc1)N1C2CNCC1c1cn[nH]c1C2. The summed E-state index contributed by atoms with van der Waals surface area (Å²) in [7, 11) is -11.1. The molecule has 3 N–H and O–H groups in total. The Morgan fingerprint density at radius 2 is 0.893 bits per heavy atom. The summed E-state index contributed by atoms with van der Waals surface area (Å²) in [4.78, 5) is 39.7. The summed E-state index contributed by atoms with van der Waals surface area (Å²) in [6, 6.07) is 16.4. The summed E-state index contributed by atoms with van der Waals surface area (Å²) in [5.41, 5.74) is 5.16. The molecule has 3 aromatic heterocycles. The third-order valence-electron chi connectivity index (χ3n) is 14.5. The highest BCUT2D eigenvalue weighted by Gasteiger charge is 2.51. The Labute approximate surface area is 448 Å². The lowest BCUT2D eigenvalue weighted by molar-refractivity contribution is -0.133. The van der Waals surface area contributed by atoms with Crippen molar-refractivity contribution in [3.63, 3.8) is 0 Å². The van der Waals surface area contributed by atoms with Crippen molar-refractivity contribution in [2.24, 2.45) is 0 Å². The summed E-state index contributed by atoms with van der Waals surface area (Å²) in [6.45, 7) is 6.81. The largest absolute Gasteiger partial charge is 0.339 e. The van der Waals surface area contributed by atoms with Gasteiger partial charge in [0.15, 0.2) is 0 Å². The maximum absolute atomic E-state index is 13.4. The van der Waals surface area contributed by atoms with Crippen molar-refractivity contribution < 1.29 is 39.6 Å². The Balaban J connectivity index is 0.000000129. The van der Waals surface area contributed by atoms with E-state index < -0.39 is 48.2 Å². The van der Waals surface area contributed by atoms with Crippen LogP contribution >= 0.6 is 34.8 Å². The second kappa shape index (κ2) is 20.4. The number of amides is 2. The van der Waals surface area contributed by atoms with Gasteiger partial charge in [-0.25, -0.2) is 29.9 Å². The number of nitrogens with one attached hydrogen (secondary N) is 3. The van der Waals surface area contributed by atoms with Crippen molar-refractivity contribution in [2.75, 3.05) is 39.3 Å². The van der Waals surface area contributed by atoms with E-state index in [1.54, 1.807) is 62.9 Å². The molecule has 6 bridgehead atoms. The molecule has 0 aliphatic carbocycles. The number of aromatic amines is 2. The Morgan fingerprint density at radius 3 is 1.33 bits per heavy atom. The van der Waals surface area contributed by atoms with Crippen LogP contribution in [0, 0.1) is 0 Å². The van der Waals surface area contributed by atoms with E-state index in [-0.39, 0.29) is 63.6 Å². The molecule has 2 amide bonds. The Morgan fingerprint density at radius 1 is 0.493 bits per heavy atom. The normalized spacial score (nSPS) is 23.3. The summed E-state index contributed by atoms with van der Waals surface area (Å²) < 4.78 is 85.5. The first-order valence-corrected chi connectivity index (χ1v) is 29.3. The van der Waals surface area contributed by atoms with Crippen LogP contribution in [-0.4, -0.2) is 153 Å². The zero-order chi connectivity index (χ0) is 53.3. The van der Waals surface area contributed by atoms with Crippen LogP contribution in [0.25, 0.3) is 0 Å². The number of piperazine rings is 3. The standard InChI is InChI=1S/C18H19ClN4O4S.C16H17ClN4O3S.C14H15ClN4O2S/c1-11(24)21-9-14-7-17-16(8-20-22(17)12(2)25)18(10-21)23(14)28(26,27)15-5-3-13(19)4-6-15;1-10(22)20-8-12-6-15-14(7-18-19-15)16(9-20)21(12)25(23,24)13-4-2-11(17)3-5-13;15-9-1-3-11(4-2-9)22(20,21)19-10-5-13-12(7-17-18-13)14(19)8-16-6-10/h3-6,8,14,18H,7,9-10H2,1-2H3;2-5,7,12,16H,6,8-9H2,1H3,(H,18,19);1-4,7,10,14,16H,5-6,8H2,(H,17,18). The van der Waals surface area contributed by atoms with Crippen LogP contribution in [0.1, 0.15) is 77.5 Å². The topological polar surface area (TPSA) is 257 Å². The molecule has 27 heteroatoms. The zero-order valence-electron chi connectivity index (χ0n) is 40.5. The van der Waals surface area contributed by atoms with E-state index in [0.29, 0.717) is 71.8 Å². The van der Waals surface area contributed by atoms with E-state index in [4.69, 9.17) is 34.8 Å². The first-order valence-electron chi connectivity index (χ1n) is 23.9. The predicted octanol–water partition coefficient (Wildman–Crippen LogP) is 4.62. The molecule has 6 aliphatic rings. The van der Waals surface area contributed by atoms with Gasteiger partial charge >= 0.3 is 0 Å². The number of carbonyl (C=O) groups is 3. The summed E-state index contributed by atoms with van der Waals surface area (Å²) in [5.74, 6) is -0.386. The highest BCUT2D eigenvalue weighted by Crippen LogP contribution is 2.43. The molecule has 396 valence electrons. The van der Waals surface area contributed by atoms with Gasteiger partial charge in [-0.2, -0.15) is 28.2 Å². The minimum absolute atomic E-state index is 0.0505. The lowest BCUT2D eigenvalue weighted by Gasteiger charge is -2.48. The average molecular weight is 1140 g/mol. The van der Waals surface area contributed by atoms with Gasteiger partial charge in [0.25, 0.3) is 0 Å². The predicted molar refractivity (Wildman–Crippen MR) is 275 cm³/mol. The van der Waals surface area contributed by atoms with Gasteiger partial charge in [-0.15, -0.1) is 0 Å². The van der Waals surface area contributed by atoms with Crippen molar-refractivity contribution >= 4 is 82.6 Å². The quantitative estimate of drug-likeness (QED) is 0.206. The number of hydrogen-bond acceptors (Lipinski definition) is 13. The van der Waals surface area contributed by atoms with Crippen LogP contribution in [-0.2, 0) is 58.9 Å². The lowest BCUT2D eigenvalue weighted by atomic mass is 9.92. The van der Waals surface area contributed by atoms with Crippen molar-refractivity contribution in [3.05, 3.63) is 140 Å². The number of benzene rings is 3. The maximum atomic E-state index is 13.4. The van der Waals surface area contributed by atoms with Crippen LogP contribution in [0.4, 0.5) is 0 Å². The minimum atomic E-state index is -3.83. The van der Waals surface area contributed by atoms with Crippen molar-refractivity contribution in [1.82, 2.24) is 58.2 Å². The Bertz CT molecular complexity index is 3520. The molecule has 3 aromatic carbocycles. The fourth-order valence-electron chi connectivity index (χ4n) is 11.1. The molecule has 9 heterocycles. The number of hydrogen-bond donors (Lipinski definition) is 3. The number of nitrogens with zero attached hydrogens (tertiary/aromatic N) is 9. The Hall–Kier alpha value is -5.54. The first-order chi connectivity index (χ1) is 35.6. The van der Waals surface area contributed by atoms with Crippen LogP contribution in [0.5, 0.6) is 0 Å². The number of aromatic nitrogens is 6. The summed E-state index contributed by atoms with van der Waals surface area (Å²) in [5, 5.41) is 23.0. The summed E-state index contributed by atoms with van der Waals surface area (Å²) in [6.07, 6.45) is 6.37. The molecular weight excluding hydrogens is 1090 g/mol. The van der Waals surface area contributed by atoms with Gasteiger partial charge in [-0.05, 0) is 72.8 Å². The van der Waals surface area contributed by atoms with Gasteiger partial charge < -0.3 is 15.1 Å². The molecule has 0 saturated carbocycles. The van der Waals surface area contributed by atoms with Gasteiger partial charge in [-0.1, -0.05) is 34.8 Å². The van der Waals surface area contributed by atoms with Crippen LogP contribution in [0.15, 0.2) is 106 Å². The van der Waals surface area contributed by atoms with E-state index in [9.17, 15) is 39.6 Å². The molecule has 3 saturated heterocycles. The molecule has 6 atom stereocenters. The van der Waals surface area contributed by atoms with Gasteiger partial charge in [0.1, 0.15) is 0 Å². The van der Waals surface area contributed by atoms with Crippen LogP contribution < -0.4 is 5.32 Å². The molecule has 3 fully saturated rings. The lowest BCUT2D eigenvalue weighted by Crippen LogP contribution is -2.60. The van der Waals surface area contributed by atoms with E-state index in [0.717, 1.165) is 22.5 Å². The second-order valence-electron chi connectivity index (χ2n) is 19.1. The van der Waals surface area contributed by atoms with Gasteiger partial charge in [-0.3, -0.25) is 24.6 Å². The third kappa shape index (κ3) is 9.82. The van der Waals surface area contributed by atoms with E-state index in [1.807, 2.05) is 0 Å². The molecule has 6 aromatic rings. The summed E-state index contributed by atoms with van der Waals surface area (Å²) >= 11 is 17.7. The number of carbonyl (C=O) groups excluding carboxylic acids is 3. The molecule has 0 spiro atoms. The third-order valence-corrected chi connectivity index (χ3v) is 21.2. The highest BCUT2D eigenvalue weighted by molar-refractivity contribution is 7.89. The Kier molecular flexibility index (Phi) is 14.4.